The van der Waals surface area contributed by atoms with Gasteiger partial charge in [-0.25, -0.2) is 0 Å². The van der Waals surface area contributed by atoms with Crippen LogP contribution in [0.3, 0.4) is 0 Å². The van der Waals surface area contributed by atoms with Crippen LogP contribution in [0.1, 0.15) is 71.6 Å². The van der Waals surface area contributed by atoms with Gasteiger partial charge in [0.25, 0.3) is 0 Å². The van der Waals surface area contributed by atoms with Gasteiger partial charge in [-0.1, -0.05) is 39.0 Å². The molecule has 3 fully saturated rings. The van der Waals surface area contributed by atoms with E-state index in [4.69, 9.17) is 0 Å². The zero-order chi connectivity index (χ0) is 13.3. The maximum Gasteiger partial charge on any atom is 0.0309 e. The van der Waals surface area contributed by atoms with Crippen molar-refractivity contribution in [2.45, 2.75) is 89.3 Å². The van der Waals surface area contributed by atoms with Gasteiger partial charge in [-0.3, -0.25) is 4.90 Å². The van der Waals surface area contributed by atoms with E-state index < -0.39 is 0 Å². The summed E-state index contributed by atoms with van der Waals surface area (Å²) in [7, 11) is 0. The smallest absolute Gasteiger partial charge is 0.0309 e. The van der Waals surface area contributed by atoms with E-state index in [2.05, 4.69) is 24.1 Å². The Hall–Kier alpha value is -0.0800. The molecule has 2 nitrogen and oxygen atoms in total. The lowest BCUT2D eigenvalue weighted by atomic mass is 9.81. The van der Waals surface area contributed by atoms with E-state index >= 15 is 0 Å². The summed E-state index contributed by atoms with van der Waals surface area (Å²) in [5, 5.41) is 3.90. The third kappa shape index (κ3) is 2.85. The molecular weight excluding hydrogens is 232 g/mol. The van der Waals surface area contributed by atoms with Crippen LogP contribution in [0.15, 0.2) is 0 Å². The standard InChI is InChI=1S/C17H32N2/c1-3-15-7-6-8-16(11-15)19-13-17(9-4-5-10-17)18-12-14(19)2/h14-16,18H,3-13H2,1-2H3. The zero-order valence-corrected chi connectivity index (χ0v) is 13.0. The predicted molar refractivity (Wildman–Crippen MR) is 81.4 cm³/mol. The molecule has 2 heteroatoms. The van der Waals surface area contributed by atoms with Crippen molar-refractivity contribution in [2.75, 3.05) is 13.1 Å². The Morgan fingerprint density at radius 3 is 2.68 bits per heavy atom. The largest absolute Gasteiger partial charge is 0.308 e. The van der Waals surface area contributed by atoms with Crippen LogP contribution < -0.4 is 5.32 Å². The van der Waals surface area contributed by atoms with Gasteiger partial charge >= 0.3 is 0 Å². The molecule has 1 saturated heterocycles. The van der Waals surface area contributed by atoms with E-state index in [1.165, 1.54) is 70.9 Å². The van der Waals surface area contributed by atoms with Gasteiger partial charge in [0.2, 0.25) is 0 Å². The molecule has 3 aliphatic rings. The molecule has 2 saturated carbocycles. The third-order valence-corrected chi connectivity index (χ3v) is 6.19. The van der Waals surface area contributed by atoms with Crippen LogP contribution in [0.25, 0.3) is 0 Å². The first-order chi connectivity index (χ1) is 9.22. The molecule has 19 heavy (non-hydrogen) atoms. The minimum Gasteiger partial charge on any atom is -0.308 e. The molecule has 3 rings (SSSR count). The molecule has 1 spiro atoms. The molecule has 0 bridgehead atoms. The highest BCUT2D eigenvalue weighted by molar-refractivity contribution is 5.02. The SMILES string of the molecule is CCC1CCCC(N2CC3(CCCC3)NCC2C)C1. The summed E-state index contributed by atoms with van der Waals surface area (Å²) in [5.41, 5.74) is 0.492. The van der Waals surface area contributed by atoms with Gasteiger partial charge in [-0.15, -0.1) is 0 Å². The van der Waals surface area contributed by atoms with Crippen molar-refractivity contribution in [3.05, 3.63) is 0 Å². The highest BCUT2D eigenvalue weighted by Gasteiger charge is 2.42. The monoisotopic (exact) mass is 264 g/mol. The zero-order valence-electron chi connectivity index (χ0n) is 13.0. The van der Waals surface area contributed by atoms with Crippen LogP contribution in [0.5, 0.6) is 0 Å². The number of hydrogen-bond acceptors (Lipinski definition) is 2. The lowest BCUT2D eigenvalue weighted by molar-refractivity contribution is 0.0254. The van der Waals surface area contributed by atoms with Crippen LogP contribution in [0.2, 0.25) is 0 Å². The average molecular weight is 264 g/mol. The molecule has 1 heterocycles. The first-order valence-electron chi connectivity index (χ1n) is 8.73. The van der Waals surface area contributed by atoms with Crippen molar-refractivity contribution in [3.63, 3.8) is 0 Å². The van der Waals surface area contributed by atoms with Crippen molar-refractivity contribution in [3.8, 4) is 0 Å². The Morgan fingerprint density at radius 1 is 1.16 bits per heavy atom. The molecule has 110 valence electrons. The molecule has 0 aromatic carbocycles. The molecule has 0 aromatic heterocycles. The molecule has 3 unspecified atom stereocenters. The summed E-state index contributed by atoms with van der Waals surface area (Å²) in [6.07, 6.45) is 13.0. The lowest BCUT2D eigenvalue weighted by Crippen LogP contribution is -2.64. The maximum absolute atomic E-state index is 3.90. The minimum atomic E-state index is 0.492. The fraction of sp³-hybridized carbons (Fsp3) is 1.00. The Labute approximate surface area is 119 Å². The third-order valence-electron chi connectivity index (χ3n) is 6.19. The second-order valence-electron chi connectivity index (χ2n) is 7.48. The Kier molecular flexibility index (Phi) is 4.19. The van der Waals surface area contributed by atoms with Crippen molar-refractivity contribution in [1.29, 1.82) is 0 Å². The minimum absolute atomic E-state index is 0.492. The molecular formula is C17H32N2. The number of rotatable bonds is 2. The summed E-state index contributed by atoms with van der Waals surface area (Å²) in [6, 6.07) is 1.63. The highest BCUT2D eigenvalue weighted by Crippen LogP contribution is 2.37. The highest BCUT2D eigenvalue weighted by atomic mass is 15.3. The van der Waals surface area contributed by atoms with Crippen LogP contribution in [0, 0.1) is 5.92 Å². The molecule has 0 radical (unpaired) electrons. The molecule has 1 aliphatic heterocycles. The Morgan fingerprint density at radius 2 is 1.95 bits per heavy atom. The molecule has 0 aromatic rings. The second-order valence-corrected chi connectivity index (χ2v) is 7.48. The summed E-state index contributed by atoms with van der Waals surface area (Å²) >= 11 is 0. The first kappa shape index (κ1) is 13.9. The fourth-order valence-corrected chi connectivity index (χ4v) is 4.85. The maximum atomic E-state index is 3.90. The summed E-state index contributed by atoms with van der Waals surface area (Å²) < 4.78 is 0. The van der Waals surface area contributed by atoms with Gasteiger partial charge in [-0.05, 0) is 38.5 Å². The van der Waals surface area contributed by atoms with E-state index in [0.717, 1.165) is 18.0 Å². The van der Waals surface area contributed by atoms with Crippen molar-refractivity contribution in [1.82, 2.24) is 10.2 Å². The second kappa shape index (κ2) is 5.73. The van der Waals surface area contributed by atoms with Crippen molar-refractivity contribution < 1.29 is 0 Å². The number of hydrogen-bond donors (Lipinski definition) is 1. The Balaban J connectivity index is 1.67. The van der Waals surface area contributed by atoms with Gasteiger partial charge < -0.3 is 5.32 Å². The van der Waals surface area contributed by atoms with Crippen molar-refractivity contribution in [2.24, 2.45) is 5.92 Å². The van der Waals surface area contributed by atoms with E-state index in [0.29, 0.717) is 5.54 Å². The number of nitrogens with one attached hydrogen (secondary N) is 1. The van der Waals surface area contributed by atoms with E-state index in [1.54, 1.807) is 0 Å². The van der Waals surface area contributed by atoms with E-state index in [-0.39, 0.29) is 0 Å². The van der Waals surface area contributed by atoms with Gasteiger partial charge in [0.1, 0.15) is 0 Å². The summed E-state index contributed by atoms with van der Waals surface area (Å²) in [4.78, 5) is 2.89. The van der Waals surface area contributed by atoms with Gasteiger partial charge in [0, 0.05) is 30.7 Å². The topological polar surface area (TPSA) is 15.3 Å². The van der Waals surface area contributed by atoms with Gasteiger partial charge in [0.05, 0.1) is 0 Å². The van der Waals surface area contributed by atoms with Gasteiger partial charge in [0.15, 0.2) is 0 Å². The summed E-state index contributed by atoms with van der Waals surface area (Å²) in [6.45, 7) is 7.36. The van der Waals surface area contributed by atoms with E-state index in [1.807, 2.05) is 0 Å². The van der Waals surface area contributed by atoms with Crippen LogP contribution >= 0.6 is 0 Å². The van der Waals surface area contributed by atoms with Crippen molar-refractivity contribution >= 4 is 0 Å². The van der Waals surface area contributed by atoms with E-state index in [9.17, 15) is 0 Å². The Bertz CT molecular complexity index is 296. The average Bonchev–Trinajstić information content (AvgIpc) is 2.90. The first-order valence-corrected chi connectivity index (χ1v) is 8.73. The van der Waals surface area contributed by atoms with Crippen LogP contribution in [-0.4, -0.2) is 35.6 Å². The number of nitrogens with zero attached hydrogens (tertiary/aromatic N) is 1. The molecule has 0 amide bonds. The quantitative estimate of drug-likeness (QED) is 0.820. The normalized spacial score (nSPS) is 39.8. The van der Waals surface area contributed by atoms with Crippen LogP contribution in [-0.2, 0) is 0 Å². The van der Waals surface area contributed by atoms with Gasteiger partial charge in [-0.2, -0.15) is 0 Å². The molecule has 1 N–H and O–H groups in total. The molecule has 3 atom stereocenters. The molecule has 2 aliphatic carbocycles. The fourth-order valence-electron chi connectivity index (χ4n) is 4.85. The lowest BCUT2D eigenvalue weighted by Gasteiger charge is -2.50. The number of piperazine rings is 1. The van der Waals surface area contributed by atoms with Crippen LogP contribution in [0.4, 0.5) is 0 Å². The predicted octanol–water partition coefficient (Wildman–Crippen LogP) is 3.56. The summed E-state index contributed by atoms with van der Waals surface area (Å²) in [5.74, 6) is 1.00.